The van der Waals surface area contributed by atoms with Gasteiger partial charge in [0.05, 0.1) is 16.9 Å². The SMILES string of the molecule is CCc1ccc(-c2nn(Cc3cc[n+]([O-])cc3)c(=O)c3cccnc23)cc1[N+](=O)[O-]. The molecule has 9 nitrogen and oxygen atoms in total. The number of aromatic nitrogens is 4. The van der Waals surface area contributed by atoms with Crippen molar-refractivity contribution in [3.8, 4) is 11.3 Å². The zero-order valence-electron chi connectivity index (χ0n) is 16.1. The molecule has 0 saturated heterocycles. The second kappa shape index (κ2) is 7.70. The molecule has 1 aromatic carbocycles. The Kier molecular flexibility index (Phi) is 4.93. The number of pyridine rings is 2. The zero-order valence-corrected chi connectivity index (χ0v) is 16.1. The Morgan fingerprint density at radius 1 is 1.17 bits per heavy atom. The van der Waals surface area contributed by atoms with Crippen molar-refractivity contribution in [2.75, 3.05) is 0 Å². The van der Waals surface area contributed by atoms with Gasteiger partial charge in [0, 0.05) is 35.5 Å². The molecule has 0 unspecified atom stereocenters. The van der Waals surface area contributed by atoms with Gasteiger partial charge in [-0.3, -0.25) is 19.9 Å². The number of hydrogen-bond acceptors (Lipinski definition) is 6. The number of nitro groups is 1. The van der Waals surface area contributed by atoms with E-state index in [4.69, 9.17) is 0 Å². The van der Waals surface area contributed by atoms with Crippen molar-refractivity contribution in [3.05, 3.63) is 97.9 Å². The average molecular weight is 403 g/mol. The van der Waals surface area contributed by atoms with E-state index in [1.807, 2.05) is 6.92 Å². The van der Waals surface area contributed by atoms with Gasteiger partial charge >= 0.3 is 0 Å². The van der Waals surface area contributed by atoms with E-state index in [-0.39, 0.29) is 17.8 Å². The van der Waals surface area contributed by atoms with Crippen molar-refractivity contribution in [2.24, 2.45) is 0 Å². The molecule has 0 atom stereocenters. The Labute approximate surface area is 170 Å². The summed E-state index contributed by atoms with van der Waals surface area (Å²) < 4.78 is 1.94. The van der Waals surface area contributed by atoms with Crippen LogP contribution in [0, 0.1) is 15.3 Å². The van der Waals surface area contributed by atoms with Crippen molar-refractivity contribution in [3.63, 3.8) is 0 Å². The topological polar surface area (TPSA) is 118 Å². The van der Waals surface area contributed by atoms with Gasteiger partial charge in [-0.05, 0) is 24.1 Å². The van der Waals surface area contributed by atoms with Crippen molar-refractivity contribution >= 4 is 16.6 Å². The summed E-state index contributed by atoms with van der Waals surface area (Å²) in [4.78, 5) is 28.3. The van der Waals surface area contributed by atoms with Crippen LogP contribution >= 0.6 is 0 Å². The van der Waals surface area contributed by atoms with Crippen molar-refractivity contribution in [1.29, 1.82) is 0 Å². The van der Waals surface area contributed by atoms with Crippen LogP contribution in [0.1, 0.15) is 18.1 Å². The van der Waals surface area contributed by atoms with Crippen LogP contribution in [0.5, 0.6) is 0 Å². The fraction of sp³-hybridized carbons (Fsp3) is 0.143. The van der Waals surface area contributed by atoms with E-state index in [2.05, 4.69) is 10.1 Å². The van der Waals surface area contributed by atoms with Crippen molar-refractivity contribution < 1.29 is 9.65 Å². The quantitative estimate of drug-likeness (QED) is 0.219. The molecule has 150 valence electrons. The van der Waals surface area contributed by atoms with Gasteiger partial charge in [0.1, 0.15) is 11.2 Å². The van der Waals surface area contributed by atoms with Crippen LogP contribution in [0.25, 0.3) is 22.2 Å². The second-order valence-electron chi connectivity index (χ2n) is 6.73. The molecule has 0 bridgehead atoms. The van der Waals surface area contributed by atoms with Gasteiger partial charge in [0.15, 0.2) is 12.4 Å². The molecule has 0 aliphatic rings. The van der Waals surface area contributed by atoms with Gasteiger partial charge < -0.3 is 5.21 Å². The molecule has 9 heteroatoms. The minimum Gasteiger partial charge on any atom is -0.619 e. The summed E-state index contributed by atoms with van der Waals surface area (Å²) >= 11 is 0. The number of hydrogen-bond donors (Lipinski definition) is 0. The number of aryl methyl sites for hydroxylation is 1. The lowest BCUT2D eigenvalue weighted by Crippen LogP contribution is -2.27. The molecule has 0 aliphatic heterocycles. The molecular formula is C21H17N5O4. The van der Waals surface area contributed by atoms with E-state index < -0.39 is 4.92 Å². The summed E-state index contributed by atoms with van der Waals surface area (Å²) in [5.41, 5.74) is 2.26. The molecule has 30 heavy (non-hydrogen) atoms. The lowest BCUT2D eigenvalue weighted by molar-refractivity contribution is -0.605. The zero-order chi connectivity index (χ0) is 21.3. The maximum Gasteiger partial charge on any atom is 0.276 e. The first-order valence-electron chi connectivity index (χ1n) is 9.29. The highest BCUT2D eigenvalue weighted by atomic mass is 16.6. The van der Waals surface area contributed by atoms with E-state index in [1.165, 1.54) is 23.1 Å². The van der Waals surface area contributed by atoms with Crippen LogP contribution in [0.4, 0.5) is 5.69 Å². The molecule has 0 saturated carbocycles. The predicted octanol–water partition coefficient (Wildman–Crippen LogP) is 2.61. The van der Waals surface area contributed by atoms with Gasteiger partial charge in [-0.1, -0.05) is 19.1 Å². The number of rotatable bonds is 5. The standard InChI is InChI=1S/C21H17N5O4/c1-2-15-5-6-16(12-18(15)26(29)30)19-20-17(4-3-9-22-20)21(27)25(23-19)13-14-7-10-24(28)11-8-14/h3-12H,2,13H2,1H3. The lowest BCUT2D eigenvalue weighted by atomic mass is 10.0. The highest BCUT2D eigenvalue weighted by Gasteiger charge is 2.18. The Morgan fingerprint density at radius 3 is 2.63 bits per heavy atom. The smallest absolute Gasteiger partial charge is 0.276 e. The van der Waals surface area contributed by atoms with Crippen LogP contribution in [-0.4, -0.2) is 19.7 Å². The summed E-state index contributed by atoms with van der Waals surface area (Å²) in [5, 5.41) is 27.6. The van der Waals surface area contributed by atoms with E-state index >= 15 is 0 Å². The van der Waals surface area contributed by atoms with Crippen LogP contribution in [0.3, 0.4) is 0 Å². The van der Waals surface area contributed by atoms with E-state index in [0.717, 1.165) is 5.56 Å². The lowest BCUT2D eigenvalue weighted by Gasteiger charge is -2.11. The molecule has 0 N–H and O–H groups in total. The van der Waals surface area contributed by atoms with E-state index in [0.29, 0.717) is 38.9 Å². The molecule has 0 radical (unpaired) electrons. The maximum absolute atomic E-state index is 12.9. The Bertz CT molecular complexity index is 1320. The number of nitrogens with zero attached hydrogens (tertiary/aromatic N) is 5. The first-order chi connectivity index (χ1) is 14.5. The number of fused-ring (bicyclic) bond motifs is 1. The Morgan fingerprint density at radius 2 is 1.93 bits per heavy atom. The third-order valence-corrected chi connectivity index (χ3v) is 4.86. The van der Waals surface area contributed by atoms with Gasteiger partial charge in [-0.25, -0.2) is 4.68 Å². The van der Waals surface area contributed by atoms with Gasteiger partial charge in [-0.2, -0.15) is 9.83 Å². The van der Waals surface area contributed by atoms with Crippen LogP contribution in [-0.2, 0) is 13.0 Å². The average Bonchev–Trinajstić information content (AvgIpc) is 2.76. The fourth-order valence-electron chi connectivity index (χ4n) is 3.32. The largest absolute Gasteiger partial charge is 0.619 e. The number of benzene rings is 1. The molecule has 3 heterocycles. The predicted molar refractivity (Wildman–Crippen MR) is 110 cm³/mol. The minimum atomic E-state index is -0.421. The summed E-state index contributed by atoms with van der Waals surface area (Å²) in [7, 11) is 0. The first-order valence-corrected chi connectivity index (χ1v) is 9.29. The summed E-state index contributed by atoms with van der Waals surface area (Å²) in [6.07, 6.45) is 4.76. The van der Waals surface area contributed by atoms with Crippen molar-refractivity contribution in [1.82, 2.24) is 14.8 Å². The molecule has 0 spiro atoms. The molecule has 4 aromatic rings. The van der Waals surface area contributed by atoms with Gasteiger partial charge in [-0.15, -0.1) is 0 Å². The molecule has 0 aliphatic carbocycles. The maximum atomic E-state index is 12.9. The van der Waals surface area contributed by atoms with Crippen LogP contribution in [0.2, 0.25) is 0 Å². The third kappa shape index (κ3) is 3.48. The molecule has 0 amide bonds. The third-order valence-electron chi connectivity index (χ3n) is 4.86. The van der Waals surface area contributed by atoms with Crippen LogP contribution in [0.15, 0.2) is 65.8 Å². The molecular weight excluding hydrogens is 386 g/mol. The molecule has 3 aromatic heterocycles. The fourth-order valence-corrected chi connectivity index (χ4v) is 3.32. The highest BCUT2D eigenvalue weighted by molar-refractivity contribution is 5.90. The van der Waals surface area contributed by atoms with E-state index in [9.17, 15) is 20.1 Å². The minimum absolute atomic E-state index is 0.00157. The summed E-state index contributed by atoms with van der Waals surface area (Å²) in [6.45, 7) is 2.00. The monoisotopic (exact) mass is 403 g/mol. The molecule has 0 fully saturated rings. The van der Waals surface area contributed by atoms with E-state index in [1.54, 1.807) is 42.6 Å². The molecule has 4 rings (SSSR count). The summed E-state index contributed by atoms with van der Waals surface area (Å²) in [5.74, 6) is 0. The van der Waals surface area contributed by atoms with Crippen LogP contribution < -0.4 is 10.3 Å². The normalized spacial score (nSPS) is 11.0. The van der Waals surface area contributed by atoms with Gasteiger partial charge in [0.2, 0.25) is 0 Å². The first kappa shape index (κ1) is 19.2. The highest BCUT2D eigenvalue weighted by Crippen LogP contribution is 2.29. The Hall–Kier alpha value is -4.14. The number of nitro benzene ring substituents is 1. The van der Waals surface area contributed by atoms with Gasteiger partial charge in [0.25, 0.3) is 11.2 Å². The summed E-state index contributed by atoms with van der Waals surface area (Å²) in [6, 6.07) is 11.4. The van der Waals surface area contributed by atoms with Crippen molar-refractivity contribution in [2.45, 2.75) is 19.9 Å². The second-order valence-corrected chi connectivity index (χ2v) is 6.73. The Balaban J connectivity index is 1.92.